The minimum atomic E-state index is -3.44. The zero-order valence-corrected chi connectivity index (χ0v) is 13.3. The molecule has 0 radical (unpaired) electrons. The number of carbonyl (C=O) groups excluding carboxylic acids is 1. The van der Waals surface area contributed by atoms with Gasteiger partial charge in [0.15, 0.2) is 0 Å². The number of hydrogen-bond acceptors (Lipinski definition) is 4. The zero-order chi connectivity index (χ0) is 15.2. The topological polar surface area (TPSA) is 79.0 Å². The molecule has 0 aromatic heterocycles. The molecule has 8 heteroatoms. The van der Waals surface area contributed by atoms with Gasteiger partial charge < -0.3 is 10.1 Å². The highest BCUT2D eigenvalue weighted by atomic mass is 32.2. The van der Waals surface area contributed by atoms with E-state index in [9.17, 15) is 13.2 Å². The van der Waals surface area contributed by atoms with Crippen molar-refractivity contribution < 1.29 is 17.9 Å². The molecule has 2 aliphatic heterocycles. The smallest absolute Gasteiger partial charge is 0.281 e. The second kappa shape index (κ2) is 5.49. The van der Waals surface area contributed by atoms with E-state index in [1.807, 2.05) is 0 Å². The van der Waals surface area contributed by atoms with Crippen LogP contribution < -0.4 is 5.32 Å². The van der Waals surface area contributed by atoms with Crippen molar-refractivity contribution in [2.45, 2.75) is 43.9 Å². The first-order valence-electron chi connectivity index (χ1n) is 7.51. The van der Waals surface area contributed by atoms with Crippen LogP contribution in [0.4, 0.5) is 0 Å². The van der Waals surface area contributed by atoms with Crippen molar-refractivity contribution in [3.8, 4) is 0 Å². The van der Waals surface area contributed by atoms with Crippen molar-refractivity contribution in [2.24, 2.45) is 5.92 Å². The number of nitrogens with zero attached hydrogens (tertiary/aromatic N) is 2. The first-order chi connectivity index (χ1) is 9.88. The second-order valence-electron chi connectivity index (χ2n) is 6.38. The molecule has 3 atom stereocenters. The van der Waals surface area contributed by atoms with Crippen molar-refractivity contribution in [3.63, 3.8) is 0 Å². The Morgan fingerprint density at radius 1 is 1.29 bits per heavy atom. The molecule has 3 aliphatic rings. The van der Waals surface area contributed by atoms with Crippen molar-refractivity contribution in [3.05, 3.63) is 0 Å². The van der Waals surface area contributed by atoms with Crippen LogP contribution in [0.15, 0.2) is 0 Å². The molecule has 2 saturated heterocycles. The van der Waals surface area contributed by atoms with E-state index in [-0.39, 0.29) is 30.6 Å². The highest BCUT2D eigenvalue weighted by molar-refractivity contribution is 7.86. The normalized spacial score (nSPS) is 34.0. The average Bonchev–Trinajstić information content (AvgIpc) is 2.68. The molecule has 3 fully saturated rings. The molecule has 1 saturated carbocycles. The summed E-state index contributed by atoms with van der Waals surface area (Å²) in [4.78, 5) is 12.3. The molecule has 120 valence electrons. The van der Waals surface area contributed by atoms with Crippen LogP contribution in [-0.2, 0) is 19.7 Å². The molecule has 1 N–H and O–H groups in total. The van der Waals surface area contributed by atoms with Gasteiger partial charge in [0.05, 0.1) is 18.1 Å². The van der Waals surface area contributed by atoms with Crippen LogP contribution in [0, 0.1) is 5.92 Å². The first kappa shape index (κ1) is 15.2. The second-order valence-corrected chi connectivity index (χ2v) is 8.52. The van der Waals surface area contributed by atoms with E-state index >= 15 is 0 Å². The van der Waals surface area contributed by atoms with E-state index in [1.54, 1.807) is 0 Å². The monoisotopic (exact) mass is 317 g/mol. The van der Waals surface area contributed by atoms with Gasteiger partial charge in [0.25, 0.3) is 10.2 Å². The molecule has 2 bridgehead atoms. The first-order valence-corrected chi connectivity index (χ1v) is 8.91. The van der Waals surface area contributed by atoms with Gasteiger partial charge in [-0.2, -0.15) is 17.0 Å². The molecule has 0 aromatic carbocycles. The highest BCUT2D eigenvalue weighted by Crippen LogP contribution is 2.34. The van der Waals surface area contributed by atoms with Gasteiger partial charge in [-0.05, 0) is 25.7 Å². The van der Waals surface area contributed by atoms with Gasteiger partial charge in [-0.1, -0.05) is 0 Å². The lowest BCUT2D eigenvalue weighted by molar-refractivity contribution is -0.128. The molecule has 2 heterocycles. The number of rotatable bonds is 4. The third kappa shape index (κ3) is 2.81. The molecule has 0 aromatic rings. The van der Waals surface area contributed by atoms with Gasteiger partial charge in [-0.3, -0.25) is 4.79 Å². The fourth-order valence-electron chi connectivity index (χ4n) is 3.18. The van der Waals surface area contributed by atoms with Gasteiger partial charge in [0, 0.05) is 33.2 Å². The Hall–Kier alpha value is -0.700. The van der Waals surface area contributed by atoms with Gasteiger partial charge >= 0.3 is 0 Å². The quantitative estimate of drug-likeness (QED) is 0.762. The summed E-state index contributed by atoms with van der Waals surface area (Å²) < 4.78 is 32.8. The third-order valence-corrected chi connectivity index (χ3v) is 6.57. The van der Waals surface area contributed by atoms with Crippen LogP contribution in [-0.4, -0.2) is 68.4 Å². The number of carbonyl (C=O) groups is 1. The van der Waals surface area contributed by atoms with Crippen molar-refractivity contribution >= 4 is 16.1 Å². The third-order valence-electron chi connectivity index (χ3n) is 4.70. The van der Waals surface area contributed by atoms with Gasteiger partial charge in [-0.15, -0.1) is 0 Å². The summed E-state index contributed by atoms with van der Waals surface area (Å²) in [6, 6.07) is 0.305. The van der Waals surface area contributed by atoms with Crippen molar-refractivity contribution in [1.82, 2.24) is 13.9 Å². The summed E-state index contributed by atoms with van der Waals surface area (Å²) in [6.45, 7) is 0.601. The Morgan fingerprint density at radius 2 is 2.00 bits per heavy atom. The SMILES string of the molecule is CN(C)S(=O)(=O)N1C[C@@H]2C[C@@H](C(=O)NC3CCC3)[C@H](C1)O2. The number of fused-ring (bicyclic) bond motifs is 2. The van der Waals surface area contributed by atoms with E-state index < -0.39 is 10.2 Å². The van der Waals surface area contributed by atoms with Gasteiger partial charge in [-0.25, -0.2) is 0 Å². The van der Waals surface area contributed by atoms with Crippen LogP contribution in [0.5, 0.6) is 0 Å². The lowest BCUT2D eigenvalue weighted by Gasteiger charge is -2.33. The van der Waals surface area contributed by atoms with Crippen LogP contribution in [0.3, 0.4) is 0 Å². The molecule has 21 heavy (non-hydrogen) atoms. The van der Waals surface area contributed by atoms with Gasteiger partial charge in [0.1, 0.15) is 0 Å². The Morgan fingerprint density at radius 3 is 2.57 bits per heavy atom. The number of hydrogen-bond donors (Lipinski definition) is 1. The Bertz CT molecular complexity index is 518. The molecule has 0 unspecified atom stereocenters. The van der Waals surface area contributed by atoms with Crippen LogP contribution in [0.25, 0.3) is 0 Å². The minimum absolute atomic E-state index is 0.0244. The summed E-state index contributed by atoms with van der Waals surface area (Å²) in [5.41, 5.74) is 0. The standard InChI is InChI=1S/C13H23N3O4S/c1-15(2)21(18,19)16-7-10-6-11(12(8-16)20-10)13(17)14-9-4-3-5-9/h9-12H,3-8H2,1-2H3,(H,14,17)/t10-,11+,12-/m0/s1. The Balaban J connectivity index is 1.66. The molecule has 0 spiro atoms. The van der Waals surface area contributed by atoms with Crippen LogP contribution in [0.1, 0.15) is 25.7 Å². The van der Waals surface area contributed by atoms with E-state index in [1.165, 1.54) is 29.1 Å². The summed E-state index contributed by atoms with van der Waals surface area (Å²) >= 11 is 0. The number of nitrogens with one attached hydrogen (secondary N) is 1. The maximum Gasteiger partial charge on any atom is 0.281 e. The average molecular weight is 317 g/mol. The molecule has 7 nitrogen and oxygen atoms in total. The highest BCUT2D eigenvalue weighted by Gasteiger charge is 2.48. The number of amides is 1. The predicted molar refractivity (Wildman–Crippen MR) is 76.7 cm³/mol. The van der Waals surface area contributed by atoms with Gasteiger partial charge in [0.2, 0.25) is 5.91 Å². The molecular weight excluding hydrogens is 294 g/mol. The van der Waals surface area contributed by atoms with E-state index in [4.69, 9.17) is 4.74 Å². The Kier molecular flexibility index (Phi) is 3.98. The van der Waals surface area contributed by atoms with E-state index in [0.717, 1.165) is 12.8 Å². The fourth-order valence-corrected chi connectivity index (χ4v) is 4.33. The lowest BCUT2D eigenvalue weighted by Crippen LogP contribution is -2.51. The lowest BCUT2D eigenvalue weighted by atomic mass is 9.91. The zero-order valence-electron chi connectivity index (χ0n) is 12.5. The number of morpholine rings is 1. The summed E-state index contributed by atoms with van der Waals surface area (Å²) in [6.07, 6.45) is 3.40. The molecule has 3 rings (SSSR count). The van der Waals surface area contributed by atoms with E-state index in [2.05, 4.69) is 5.32 Å². The largest absolute Gasteiger partial charge is 0.371 e. The van der Waals surface area contributed by atoms with Crippen molar-refractivity contribution in [2.75, 3.05) is 27.2 Å². The Labute approximate surface area is 125 Å². The maximum absolute atomic E-state index is 12.3. The molecule has 1 aliphatic carbocycles. The number of ether oxygens (including phenoxy) is 1. The molecular formula is C13H23N3O4S. The van der Waals surface area contributed by atoms with Crippen LogP contribution in [0.2, 0.25) is 0 Å². The molecule has 1 amide bonds. The van der Waals surface area contributed by atoms with Crippen molar-refractivity contribution in [1.29, 1.82) is 0 Å². The maximum atomic E-state index is 12.3. The summed E-state index contributed by atoms with van der Waals surface area (Å²) in [7, 11) is -0.394. The predicted octanol–water partition coefficient (Wildman–Crippen LogP) is -0.449. The van der Waals surface area contributed by atoms with E-state index in [0.29, 0.717) is 19.0 Å². The summed E-state index contributed by atoms with van der Waals surface area (Å²) in [5, 5.41) is 3.05. The fraction of sp³-hybridized carbons (Fsp3) is 0.923. The van der Waals surface area contributed by atoms with Crippen LogP contribution >= 0.6 is 0 Å². The minimum Gasteiger partial charge on any atom is -0.371 e. The summed E-state index contributed by atoms with van der Waals surface area (Å²) in [5.74, 6) is -0.200.